The fourth-order valence-corrected chi connectivity index (χ4v) is 2.09. The van der Waals surface area contributed by atoms with Gasteiger partial charge in [-0.3, -0.25) is 14.8 Å². The van der Waals surface area contributed by atoms with Gasteiger partial charge in [-0.1, -0.05) is 6.07 Å². The van der Waals surface area contributed by atoms with E-state index in [0.29, 0.717) is 17.0 Å². The van der Waals surface area contributed by atoms with E-state index < -0.39 is 10.7 Å². The van der Waals surface area contributed by atoms with Crippen molar-refractivity contribution in [3.8, 4) is 5.75 Å². The van der Waals surface area contributed by atoms with Crippen LogP contribution >= 0.6 is 0 Å². The second-order valence-electron chi connectivity index (χ2n) is 4.40. The predicted octanol–water partition coefficient (Wildman–Crippen LogP) is 2.60. The summed E-state index contributed by atoms with van der Waals surface area (Å²) in [6.07, 6.45) is 0. The number of aryl methyl sites for hydroxylation is 1. The molecule has 0 fully saturated rings. The number of nitrogens with zero attached hydrogens (tertiary/aromatic N) is 3. The van der Waals surface area contributed by atoms with Crippen LogP contribution in [0.15, 0.2) is 18.2 Å². The number of nitro groups is 1. The molecule has 1 aromatic heterocycles. The van der Waals surface area contributed by atoms with Gasteiger partial charge in [0.2, 0.25) is 0 Å². The summed E-state index contributed by atoms with van der Waals surface area (Å²) in [4.78, 5) is 10.5. The molecule has 1 heterocycles. The largest absolute Gasteiger partial charge is 0.494 e. The molecule has 0 N–H and O–H groups in total. The molecular formula is C13H14FN3O3. The van der Waals surface area contributed by atoms with Gasteiger partial charge in [-0.15, -0.1) is 0 Å². The molecule has 0 unspecified atom stereocenters. The molecule has 0 saturated carbocycles. The molecule has 0 aliphatic rings. The summed E-state index contributed by atoms with van der Waals surface area (Å²) in [6.45, 7) is 3.47. The van der Waals surface area contributed by atoms with E-state index in [1.54, 1.807) is 19.9 Å². The lowest BCUT2D eigenvalue weighted by Crippen LogP contribution is -2.05. The van der Waals surface area contributed by atoms with E-state index in [0.717, 1.165) is 0 Å². The third kappa shape index (κ3) is 2.47. The number of methoxy groups -OCH3 is 1. The van der Waals surface area contributed by atoms with Crippen LogP contribution in [-0.4, -0.2) is 21.8 Å². The van der Waals surface area contributed by atoms with Crippen LogP contribution in [0.25, 0.3) is 0 Å². The molecule has 20 heavy (non-hydrogen) atoms. The van der Waals surface area contributed by atoms with Crippen molar-refractivity contribution in [3.63, 3.8) is 0 Å². The maximum Gasteiger partial charge on any atom is 0.312 e. The zero-order valence-electron chi connectivity index (χ0n) is 11.4. The van der Waals surface area contributed by atoms with Gasteiger partial charge in [0.15, 0.2) is 11.6 Å². The van der Waals surface area contributed by atoms with Gasteiger partial charge in [0.05, 0.1) is 18.6 Å². The minimum Gasteiger partial charge on any atom is -0.494 e. The summed E-state index contributed by atoms with van der Waals surface area (Å²) in [7, 11) is 1.39. The number of hydrogen-bond donors (Lipinski definition) is 0. The Bertz CT molecular complexity index is 667. The summed E-state index contributed by atoms with van der Waals surface area (Å²) in [6, 6.07) is 4.55. The lowest BCUT2D eigenvalue weighted by Gasteiger charge is -2.06. The van der Waals surface area contributed by atoms with E-state index in [-0.39, 0.29) is 18.0 Å². The summed E-state index contributed by atoms with van der Waals surface area (Å²) < 4.78 is 19.9. The van der Waals surface area contributed by atoms with Crippen LogP contribution in [0.4, 0.5) is 10.1 Å². The molecule has 0 bridgehead atoms. The van der Waals surface area contributed by atoms with Crippen LogP contribution in [0.5, 0.6) is 5.75 Å². The SMILES string of the molecule is COc1ccc(Cn2nc(C)c([N+](=O)[O-])c2C)cc1F. The molecule has 0 atom stereocenters. The van der Waals surface area contributed by atoms with E-state index in [1.807, 2.05) is 0 Å². The minimum absolute atomic E-state index is 0.000941. The smallest absolute Gasteiger partial charge is 0.312 e. The Labute approximate surface area is 114 Å². The number of halogens is 1. The minimum atomic E-state index is -0.471. The number of rotatable bonds is 4. The average Bonchev–Trinajstić information content (AvgIpc) is 2.64. The molecule has 0 aliphatic carbocycles. The van der Waals surface area contributed by atoms with Gasteiger partial charge in [0, 0.05) is 0 Å². The summed E-state index contributed by atoms with van der Waals surface area (Å²) in [5, 5.41) is 15.0. The van der Waals surface area contributed by atoms with Crippen molar-refractivity contribution in [2.75, 3.05) is 7.11 Å². The fourth-order valence-electron chi connectivity index (χ4n) is 2.09. The van der Waals surface area contributed by atoms with Crippen molar-refractivity contribution in [1.29, 1.82) is 0 Å². The van der Waals surface area contributed by atoms with Crippen LogP contribution in [0.2, 0.25) is 0 Å². The lowest BCUT2D eigenvalue weighted by atomic mass is 10.2. The Morgan fingerprint density at radius 2 is 2.15 bits per heavy atom. The first-order chi connectivity index (χ1) is 9.43. The topological polar surface area (TPSA) is 70.2 Å². The highest BCUT2D eigenvalue weighted by molar-refractivity contribution is 5.40. The number of ether oxygens (including phenoxy) is 1. The van der Waals surface area contributed by atoms with E-state index in [2.05, 4.69) is 5.10 Å². The molecule has 0 saturated heterocycles. The first-order valence-corrected chi connectivity index (χ1v) is 5.95. The summed E-state index contributed by atoms with van der Waals surface area (Å²) in [5.74, 6) is -0.311. The molecule has 6 nitrogen and oxygen atoms in total. The zero-order valence-corrected chi connectivity index (χ0v) is 11.4. The first kappa shape index (κ1) is 14.0. The highest BCUT2D eigenvalue weighted by atomic mass is 19.1. The fraction of sp³-hybridized carbons (Fsp3) is 0.308. The van der Waals surface area contributed by atoms with Crippen LogP contribution in [0.1, 0.15) is 17.0 Å². The van der Waals surface area contributed by atoms with Gasteiger partial charge >= 0.3 is 5.69 Å². The second kappa shape index (κ2) is 5.28. The van der Waals surface area contributed by atoms with Crippen LogP contribution < -0.4 is 4.74 Å². The number of hydrogen-bond acceptors (Lipinski definition) is 4. The van der Waals surface area contributed by atoms with Gasteiger partial charge in [-0.2, -0.15) is 5.10 Å². The third-order valence-electron chi connectivity index (χ3n) is 3.07. The molecule has 106 valence electrons. The monoisotopic (exact) mass is 279 g/mol. The molecule has 0 spiro atoms. The summed E-state index contributed by atoms with van der Waals surface area (Å²) in [5.41, 5.74) is 1.45. The molecule has 0 radical (unpaired) electrons. The second-order valence-corrected chi connectivity index (χ2v) is 4.40. The number of aromatic nitrogens is 2. The lowest BCUT2D eigenvalue weighted by molar-refractivity contribution is -0.386. The third-order valence-corrected chi connectivity index (χ3v) is 3.07. The van der Waals surface area contributed by atoms with Gasteiger partial charge in [-0.25, -0.2) is 4.39 Å². The Kier molecular flexibility index (Phi) is 3.69. The van der Waals surface area contributed by atoms with Gasteiger partial charge < -0.3 is 4.74 Å². The average molecular weight is 279 g/mol. The number of benzene rings is 1. The Morgan fingerprint density at radius 1 is 1.45 bits per heavy atom. The van der Waals surface area contributed by atoms with Crippen molar-refractivity contribution >= 4 is 5.69 Å². The van der Waals surface area contributed by atoms with E-state index in [1.165, 1.54) is 23.9 Å². The molecule has 2 rings (SSSR count). The molecule has 1 aromatic carbocycles. The maximum atomic E-state index is 13.6. The molecule has 7 heteroatoms. The van der Waals surface area contributed by atoms with Gasteiger partial charge in [-0.05, 0) is 31.5 Å². The molecular weight excluding hydrogens is 265 g/mol. The molecule has 0 aliphatic heterocycles. The molecule has 2 aromatic rings. The van der Waals surface area contributed by atoms with Crippen molar-refractivity contribution in [2.24, 2.45) is 0 Å². The summed E-state index contributed by atoms with van der Waals surface area (Å²) >= 11 is 0. The van der Waals surface area contributed by atoms with Gasteiger partial charge in [0.25, 0.3) is 0 Å². The first-order valence-electron chi connectivity index (χ1n) is 5.95. The van der Waals surface area contributed by atoms with Crippen LogP contribution in [0, 0.1) is 29.8 Å². The molecule has 0 amide bonds. The van der Waals surface area contributed by atoms with Crippen molar-refractivity contribution in [3.05, 3.63) is 51.1 Å². The standard InChI is InChI=1S/C13H14FN3O3/c1-8-13(17(18)19)9(2)16(15-8)7-10-4-5-12(20-3)11(14)6-10/h4-6H,7H2,1-3H3. The highest BCUT2D eigenvalue weighted by Gasteiger charge is 2.21. The quantitative estimate of drug-likeness (QED) is 0.637. The Morgan fingerprint density at radius 3 is 2.65 bits per heavy atom. The van der Waals surface area contributed by atoms with Crippen molar-refractivity contribution < 1.29 is 14.1 Å². The highest BCUT2D eigenvalue weighted by Crippen LogP contribution is 2.23. The van der Waals surface area contributed by atoms with E-state index >= 15 is 0 Å². The van der Waals surface area contributed by atoms with Crippen LogP contribution in [-0.2, 0) is 6.54 Å². The van der Waals surface area contributed by atoms with E-state index in [4.69, 9.17) is 4.74 Å². The van der Waals surface area contributed by atoms with Crippen molar-refractivity contribution in [2.45, 2.75) is 20.4 Å². The Hall–Kier alpha value is -2.44. The van der Waals surface area contributed by atoms with Crippen LogP contribution in [0.3, 0.4) is 0 Å². The maximum absolute atomic E-state index is 13.6. The van der Waals surface area contributed by atoms with E-state index in [9.17, 15) is 14.5 Å². The van der Waals surface area contributed by atoms with Gasteiger partial charge in [0.1, 0.15) is 11.4 Å². The van der Waals surface area contributed by atoms with Crippen molar-refractivity contribution in [1.82, 2.24) is 9.78 Å². The predicted molar refractivity (Wildman–Crippen MR) is 70.4 cm³/mol. The zero-order chi connectivity index (χ0) is 14.9. The normalized spacial score (nSPS) is 10.6. The Balaban J connectivity index is 2.33.